The SMILES string of the molecule is CC1=[N+](C)c2c(ccc3ccc4ccc5c(c4c23)[N+](C)=[C-]C5)C1.[Bk]. The van der Waals surface area contributed by atoms with Crippen molar-refractivity contribution in [2.24, 2.45) is 0 Å². The molecule has 3 aromatic carbocycles. The third-order valence-electron chi connectivity index (χ3n) is 5.48. The molecule has 3 heteroatoms. The van der Waals surface area contributed by atoms with Crippen LogP contribution in [0.2, 0.25) is 0 Å². The number of hydrogen-bond acceptors (Lipinski definition) is 0. The van der Waals surface area contributed by atoms with Crippen LogP contribution in [0.15, 0.2) is 36.4 Å². The molecule has 0 unspecified atom stereocenters. The molecule has 2 heterocycles. The van der Waals surface area contributed by atoms with Gasteiger partial charge < -0.3 is 4.58 Å². The van der Waals surface area contributed by atoms with Gasteiger partial charge in [0.15, 0.2) is 5.71 Å². The van der Waals surface area contributed by atoms with Crippen LogP contribution in [0.5, 0.6) is 0 Å². The maximum absolute atomic E-state index is 3.44. The molecule has 24 heavy (non-hydrogen) atoms. The molecule has 2 nitrogen and oxygen atoms in total. The topological polar surface area (TPSA) is 6.02 Å². The van der Waals surface area contributed by atoms with Crippen LogP contribution < -0.4 is 0 Å². The summed E-state index contributed by atoms with van der Waals surface area (Å²) in [7, 11) is 4.32. The summed E-state index contributed by atoms with van der Waals surface area (Å²) in [6, 6.07) is 13.6. The largest absolute Gasteiger partial charge is 0.366 e. The third kappa shape index (κ3) is 1.55. The Bertz CT molecular complexity index is 1090. The number of rotatable bonds is 0. The van der Waals surface area contributed by atoms with Crippen LogP contribution in [0, 0.1) is 0 Å². The monoisotopic (exact) mass is 546 g/mol. The zero-order valence-corrected chi connectivity index (χ0v) is 16.9. The Morgan fingerprint density at radius 2 is 1.42 bits per heavy atom. The van der Waals surface area contributed by atoms with E-state index in [1.165, 1.54) is 49.8 Å². The molecule has 0 aromatic heterocycles. The minimum absolute atomic E-state index is 0. The molecule has 2 aliphatic heterocycles. The van der Waals surface area contributed by atoms with Crippen LogP contribution in [0.1, 0.15) is 18.1 Å². The summed E-state index contributed by atoms with van der Waals surface area (Å²) in [5, 5.41) is 5.42. The van der Waals surface area contributed by atoms with Gasteiger partial charge in [-0.2, -0.15) is 0 Å². The Labute approximate surface area is 136 Å². The van der Waals surface area contributed by atoms with E-state index in [4.69, 9.17) is 0 Å². The van der Waals surface area contributed by atoms with Gasteiger partial charge in [0.05, 0.1) is 12.1 Å². The molecule has 0 fully saturated rings. The smallest absolute Gasteiger partial charge is 0.215 e. The molecule has 0 aliphatic carbocycles. The average molecular weight is 546 g/mol. The van der Waals surface area contributed by atoms with Crippen LogP contribution in [0.3, 0.4) is 0 Å². The number of nitrogens with zero attached hydrogens (tertiary/aromatic N) is 2. The average Bonchev–Trinajstić information content (AvgIpc) is 3.08. The summed E-state index contributed by atoms with van der Waals surface area (Å²) in [4.78, 5) is 0. The quantitative estimate of drug-likeness (QED) is 0.228. The van der Waals surface area contributed by atoms with Gasteiger partial charge in [-0.05, 0) is 22.6 Å². The zero-order chi connectivity index (χ0) is 15.7. The minimum atomic E-state index is 0. The zero-order valence-electron chi connectivity index (χ0n) is 14.1. The Morgan fingerprint density at radius 3 is 2.12 bits per heavy atom. The van der Waals surface area contributed by atoms with E-state index in [1.807, 2.05) is 0 Å². The predicted molar refractivity (Wildman–Crippen MR) is 96.2 cm³/mol. The van der Waals surface area contributed by atoms with E-state index in [-0.39, 0.29) is 0 Å². The van der Waals surface area contributed by atoms with Crippen molar-refractivity contribution in [1.29, 1.82) is 0 Å². The van der Waals surface area contributed by atoms with E-state index >= 15 is 0 Å². The van der Waals surface area contributed by atoms with Gasteiger partial charge in [-0.15, -0.1) is 0 Å². The molecule has 0 spiro atoms. The van der Waals surface area contributed by atoms with Gasteiger partial charge in [-0.1, -0.05) is 42.0 Å². The fourth-order valence-electron chi connectivity index (χ4n) is 4.20. The van der Waals surface area contributed by atoms with Crippen molar-refractivity contribution in [2.45, 2.75) is 19.8 Å². The molecule has 5 rings (SSSR count). The standard InChI is InChI=1S/C21H19N2.Bk/c1-13-12-17-9-7-15-5-4-14-6-8-16-10-11-22(2)20(16)18(14)19(15)21(17)23(13)3;/h4-9H,10,12H2,1-3H3;/q+1;. The van der Waals surface area contributed by atoms with Crippen LogP contribution in [0.4, 0.5) is 11.4 Å². The first kappa shape index (κ1) is 14.1. The molecule has 0 saturated carbocycles. The maximum atomic E-state index is 3.44. The van der Waals surface area contributed by atoms with E-state index in [0.717, 1.165) is 12.8 Å². The first-order valence-electron chi connectivity index (χ1n) is 8.19. The van der Waals surface area contributed by atoms with Crippen LogP contribution in [-0.2, 0) is 12.8 Å². The Morgan fingerprint density at radius 1 is 0.833 bits per heavy atom. The van der Waals surface area contributed by atoms with Crippen molar-refractivity contribution in [3.8, 4) is 0 Å². The summed E-state index contributed by atoms with van der Waals surface area (Å²) < 4.78 is 4.56. The molecule has 0 N–H and O–H groups in total. The van der Waals surface area contributed by atoms with Crippen LogP contribution >= 0.6 is 0 Å². The van der Waals surface area contributed by atoms with Gasteiger partial charge in [0.2, 0.25) is 5.69 Å². The van der Waals surface area contributed by atoms with Gasteiger partial charge in [-0.3, -0.25) is 0 Å². The Hall–Kier alpha value is -3.48. The van der Waals surface area contributed by atoms with Crippen molar-refractivity contribution in [3.05, 3.63) is 47.5 Å². The molecule has 0 bridgehead atoms. The van der Waals surface area contributed by atoms with Crippen LogP contribution in [0.25, 0.3) is 21.5 Å². The van der Waals surface area contributed by atoms with E-state index in [1.54, 1.807) is 0 Å². The number of hydrogen-bond donors (Lipinski definition) is 0. The maximum Gasteiger partial charge on any atom is 0.215 e. The van der Waals surface area contributed by atoms with E-state index in [9.17, 15) is 0 Å². The van der Waals surface area contributed by atoms with E-state index in [0.29, 0.717) is 0 Å². The van der Waals surface area contributed by atoms with Crippen molar-refractivity contribution >= 4 is 44.8 Å². The molecule has 121 valence electrons. The summed E-state index contributed by atoms with van der Waals surface area (Å²) in [6.07, 6.45) is 5.41. The van der Waals surface area contributed by atoms with Crippen LogP contribution in [-0.4, -0.2) is 35.2 Å². The summed E-state index contributed by atoms with van der Waals surface area (Å²) in [5.41, 5.74) is 6.96. The van der Waals surface area contributed by atoms with Gasteiger partial charge in [0.25, 0.3) is 0 Å². The molecule has 1 radical (unpaired) electrons. The van der Waals surface area contributed by atoms with Gasteiger partial charge in [0.1, 0.15) is 14.1 Å². The summed E-state index contributed by atoms with van der Waals surface area (Å²) in [6.45, 7) is 2.23. The number of fused-ring (bicyclic) bond motifs is 7. The van der Waals surface area contributed by atoms with Gasteiger partial charge >= 0.3 is 0 Å². The Kier molecular flexibility index (Phi) is 2.66. The molecule has 0 atom stereocenters. The molecule has 0 saturated heterocycles. The van der Waals surface area contributed by atoms with Gasteiger partial charge in [0, 0.05) is 24.1 Å². The predicted octanol–water partition coefficient (Wildman–Crippen LogP) is 4.06. The summed E-state index contributed by atoms with van der Waals surface area (Å²) in [5.74, 6) is 0. The fraction of sp³-hybridized carbons (Fsp3) is 0.238. The normalized spacial score (nSPS) is 15.5. The Balaban J connectivity index is 0.00000146. The molecule has 0 amide bonds. The molecule has 2 aliphatic rings. The second kappa shape index (κ2) is 4.51. The molecular weight excluding hydrogens is 527 g/mol. The molecule has 3 aromatic rings. The van der Waals surface area contributed by atoms with E-state index in [2.05, 4.69) is 72.8 Å². The molecular formula is C21H19BkN2+. The first-order chi connectivity index (χ1) is 11.1. The first-order valence-corrected chi connectivity index (χ1v) is 8.19. The van der Waals surface area contributed by atoms with Crippen molar-refractivity contribution in [3.63, 3.8) is 0 Å². The van der Waals surface area contributed by atoms with E-state index < -0.39 is 0 Å². The fourth-order valence-corrected chi connectivity index (χ4v) is 4.20. The van der Waals surface area contributed by atoms with Crippen molar-refractivity contribution < 1.29 is 9.15 Å². The van der Waals surface area contributed by atoms with Gasteiger partial charge in [-0.25, -0.2) is 4.58 Å². The second-order valence-electron chi connectivity index (χ2n) is 6.77. The third-order valence-corrected chi connectivity index (χ3v) is 5.48. The summed E-state index contributed by atoms with van der Waals surface area (Å²) >= 11 is 0. The van der Waals surface area contributed by atoms with Crippen molar-refractivity contribution in [1.82, 2.24) is 0 Å². The minimum Gasteiger partial charge on any atom is -0.366 e. The second-order valence-corrected chi connectivity index (χ2v) is 6.77. The van der Waals surface area contributed by atoms with Crippen molar-refractivity contribution in [2.75, 3.05) is 14.1 Å². The number of benzene rings is 3.